The van der Waals surface area contributed by atoms with Crippen LogP contribution in [-0.2, 0) is 11.4 Å². The number of rotatable bonds is 6. The van der Waals surface area contributed by atoms with Crippen LogP contribution in [0.4, 0.5) is 5.69 Å². The largest absolute Gasteiger partial charge is 0.488 e. The second-order valence-electron chi connectivity index (χ2n) is 7.33. The van der Waals surface area contributed by atoms with Crippen molar-refractivity contribution in [1.82, 2.24) is 4.90 Å². The molecule has 1 N–H and O–H groups in total. The van der Waals surface area contributed by atoms with Gasteiger partial charge < -0.3 is 9.84 Å². The number of amides is 1. The monoisotopic (exact) mass is 512 g/mol. The Hall–Kier alpha value is -3.26. The van der Waals surface area contributed by atoms with Crippen molar-refractivity contribution in [2.75, 3.05) is 7.05 Å². The standard InChI is InChI=1S/C25H18Cl2N2O4S/c1-29-23(30)22(34-25(29)28-20-7-3-5-16(12-20)24(31)32)13-17-11-19(27)8-9-21(17)33-14-15-4-2-6-18(26)10-15/h2-13H,14H2,1H3,(H,31,32)/b22-13+,28-25?. The van der Waals surface area contributed by atoms with E-state index in [0.717, 1.165) is 5.56 Å². The lowest BCUT2D eigenvalue weighted by Gasteiger charge is -2.10. The number of hydrogen-bond acceptors (Lipinski definition) is 5. The van der Waals surface area contributed by atoms with Gasteiger partial charge in [-0.2, -0.15) is 0 Å². The predicted octanol–water partition coefficient (Wildman–Crippen LogP) is 6.50. The Kier molecular flexibility index (Phi) is 7.26. The number of nitrogens with zero attached hydrogens (tertiary/aromatic N) is 2. The fraction of sp³-hybridized carbons (Fsp3) is 0.0800. The summed E-state index contributed by atoms with van der Waals surface area (Å²) in [5.74, 6) is -0.719. The van der Waals surface area contributed by atoms with Gasteiger partial charge in [0, 0.05) is 22.7 Å². The van der Waals surface area contributed by atoms with Crippen LogP contribution in [0.3, 0.4) is 0 Å². The number of thioether (sulfide) groups is 1. The molecule has 34 heavy (non-hydrogen) atoms. The highest BCUT2D eigenvalue weighted by molar-refractivity contribution is 8.18. The molecule has 0 radical (unpaired) electrons. The summed E-state index contributed by atoms with van der Waals surface area (Å²) in [5.41, 5.74) is 2.12. The third-order valence-electron chi connectivity index (χ3n) is 4.86. The highest BCUT2D eigenvalue weighted by Crippen LogP contribution is 2.35. The Bertz CT molecular complexity index is 1340. The number of carboxylic acid groups (broad SMARTS) is 1. The first-order valence-corrected chi connectivity index (χ1v) is 11.6. The highest BCUT2D eigenvalue weighted by Gasteiger charge is 2.30. The van der Waals surface area contributed by atoms with Crippen LogP contribution < -0.4 is 4.74 Å². The van der Waals surface area contributed by atoms with Crippen molar-refractivity contribution in [2.24, 2.45) is 4.99 Å². The zero-order chi connectivity index (χ0) is 24.2. The normalized spacial score (nSPS) is 15.9. The van der Waals surface area contributed by atoms with Crippen molar-refractivity contribution in [3.8, 4) is 5.75 Å². The van der Waals surface area contributed by atoms with E-state index in [1.165, 1.54) is 28.8 Å². The SMILES string of the molecule is CN1C(=O)/C(=C\c2cc(Cl)ccc2OCc2cccc(Cl)c2)SC1=Nc1cccc(C(=O)O)c1. The molecule has 9 heteroatoms. The van der Waals surface area contributed by atoms with Crippen LogP contribution in [0.15, 0.2) is 76.6 Å². The topological polar surface area (TPSA) is 79.2 Å². The molecule has 4 rings (SSSR count). The van der Waals surface area contributed by atoms with Crippen molar-refractivity contribution >= 4 is 63.8 Å². The fourth-order valence-electron chi connectivity index (χ4n) is 3.16. The Morgan fingerprint density at radius 1 is 1.09 bits per heavy atom. The number of carbonyl (C=O) groups is 2. The number of halogens is 2. The lowest BCUT2D eigenvalue weighted by molar-refractivity contribution is -0.121. The Morgan fingerprint density at radius 3 is 2.62 bits per heavy atom. The van der Waals surface area contributed by atoms with Crippen LogP contribution in [0.2, 0.25) is 10.0 Å². The van der Waals surface area contributed by atoms with E-state index < -0.39 is 5.97 Å². The molecule has 1 saturated heterocycles. The van der Waals surface area contributed by atoms with E-state index in [1.807, 2.05) is 18.2 Å². The molecule has 0 spiro atoms. The van der Waals surface area contributed by atoms with Crippen LogP contribution in [-0.4, -0.2) is 34.1 Å². The molecule has 0 aromatic heterocycles. The van der Waals surface area contributed by atoms with Crippen LogP contribution in [0.1, 0.15) is 21.5 Å². The zero-order valence-corrected chi connectivity index (χ0v) is 20.2. The molecule has 0 aliphatic carbocycles. The summed E-state index contributed by atoms with van der Waals surface area (Å²) in [6, 6.07) is 18.8. The summed E-state index contributed by atoms with van der Waals surface area (Å²) in [6.45, 7) is 0.298. The van der Waals surface area contributed by atoms with Crippen LogP contribution >= 0.6 is 35.0 Å². The number of carboxylic acids is 1. The van der Waals surface area contributed by atoms with E-state index >= 15 is 0 Å². The Morgan fingerprint density at radius 2 is 1.85 bits per heavy atom. The van der Waals surface area contributed by atoms with E-state index in [1.54, 1.807) is 49.5 Å². The van der Waals surface area contributed by atoms with Crippen molar-refractivity contribution in [2.45, 2.75) is 6.61 Å². The van der Waals surface area contributed by atoms with Gasteiger partial charge in [-0.25, -0.2) is 9.79 Å². The maximum Gasteiger partial charge on any atom is 0.335 e. The van der Waals surface area contributed by atoms with Gasteiger partial charge in [-0.05, 0) is 71.9 Å². The number of carbonyl (C=O) groups excluding carboxylic acids is 1. The minimum atomic E-state index is -1.04. The number of aliphatic imine (C=N–C) groups is 1. The number of amidine groups is 1. The molecule has 1 aliphatic heterocycles. The first kappa shape index (κ1) is 23.9. The molecule has 0 saturated carbocycles. The molecule has 172 valence electrons. The third kappa shape index (κ3) is 5.62. The maximum absolute atomic E-state index is 12.9. The van der Waals surface area contributed by atoms with E-state index in [4.69, 9.17) is 27.9 Å². The van der Waals surface area contributed by atoms with E-state index in [9.17, 15) is 14.7 Å². The molecular formula is C25H18Cl2N2O4S. The maximum atomic E-state index is 12.9. The average molecular weight is 513 g/mol. The van der Waals surface area contributed by atoms with Gasteiger partial charge in [0.05, 0.1) is 16.2 Å². The fourth-order valence-corrected chi connectivity index (χ4v) is 4.53. The molecule has 3 aromatic rings. The predicted molar refractivity (Wildman–Crippen MR) is 136 cm³/mol. The molecule has 0 atom stereocenters. The zero-order valence-electron chi connectivity index (χ0n) is 17.9. The second kappa shape index (κ2) is 10.3. The van der Waals surface area contributed by atoms with Crippen molar-refractivity contribution in [1.29, 1.82) is 0 Å². The Labute approximate surface area is 210 Å². The number of ether oxygens (including phenoxy) is 1. The van der Waals surface area contributed by atoms with Gasteiger partial charge in [-0.3, -0.25) is 9.69 Å². The van der Waals surface area contributed by atoms with Gasteiger partial charge in [0.15, 0.2) is 5.17 Å². The average Bonchev–Trinajstić information content (AvgIpc) is 3.06. The lowest BCUT2D eigenvalue weighted by Crippen LogP contribution is -2.23. The molecule has 0 bridgehead atoms. The minimum absolute atomic E-state index is 0.120. The van der Waals surface area contributed by atoms with Crippen LogP contribution in [0.25, 0.3) is 6.08 Å². The summed E-state index contributed by atoms with van der Waals surface area (Å²) >= 11 is 13.4. The van der Waals surface area contributed by atoms with E-state index in [2.05, 4.69) is 4.99 Å². The van der Waals surface area contributed by atoms with Gasteiger partial charge in [-0.15, -0.1) is 0 Å². The third-order valence-corrected chi connectivity index (χ3v) is 6.39. The molecule has 1 aliphatic rings. The molecule has 0 unspecified atom stereocenters. The summed E-state index contributed by atoms with van der Waals surface area (Å²) < 4.78 is 5.98. The molecule has 3 aromatic carbocycles. The Balaban J connectivity index is 1.60. The molecule has 1 heterocycles. The van der Waals surface area contributed by atoms with Gasteiger partial charge in [0.1, 0.15) is 12.4 Å². The molecule has 1 fully saturated rings. The van der Waals surface area contributed by atoms with Gasteiger partial charge in [0.25, 0.3) is 5.91 Å². The smallest absolute Gasteiger partial charge is 0.335 e. The summed E-state index contributed by atoms with van der Waals surface area (Å²) in [6.07, 6.45) is 1.71. The molecule has 1 amide bonds. The number of aromatic carboxylic acids is 1. The molecule has 6 nitrogen and oxygen atoms in total. The number of benzene rings is 3. The van der Waals surface area contributed by atoms with Gasteiger partial charge >= 0.3 is 5.97 Å². The highest BCUT2D eigenvalue weighted by atomic mass is 35.5. The van der Waals surface area contributed by atoms with Crippen molar-refractivity contribution in [3.63, 3.8) is 0 Å². The van der Waals surface area contributed by atoms with E-state index in [0.29, 0.717) is 43.7 Å². The lowest BCUT2D eigenvalue weighted by atomic mass is 10.1. The van der Waals surface area contributed by atoms with Crippen molar-refractivity contribution < 1.29 is 19.4 Å². The van der Waals surface area contributed by atoms with Crippen molar-refractivity contribution in [3.05, 3.63) is 98.4 Å². The number of hydrogen-bond donors (Lipinski definition) is 1. The number of likely N-dealkylation sites (N-methyl/N-ethyl adjacent to an activating group) is 1. The first-order chi connectivity index (χ1) is 16.3. The minimum Gasteiger partial charge on any atom is -0.488 e. The summed E-state index contributed by atoms with van der Waals surface area (Å²) in [4.78, 5) is 30.4. The van der Waals surface area contributed by atoms with Crippen LogP contribution in [0.5, 0.6) is 5.75 Å². The van der Waals surface area contributed by atoms with Gasteiger partial charge in [0.2, 0.25) is 0 Å². The molecular weight excluding hydrogens is 495 g/mol. The van der Waals surface area contributed by atoms with Crippen LogP contribution in [0, 0.1) is 0 Å². The second-order valence-corrected chi connectivity index (χ2v) is 9.21. The van der Waals surface area contributed by atoms with Gasteiger partial charge in [-0.1, -0.05) is 41.4 Å². The quantitative estimate of drug-likeness (QED) is 0.381. The summed E-state index contributed by atoms with van der Waals surface area (Å²) in [7, 11) is 1.62. The van der Waals surface area contributed by atoms with E-state index in [-0.39, 0.29) is 11.5 Å². The first-order valence-electron chi connectivity index (χ1n) is 10.1. The summed E-state index contributed by atoms with van der Waals surface area (Å²) in [5, 5.41) is 10.8.